The van der Waals surface area contributed by atoms with Gasteiger partial charge in [0, 0.05) is 5.02 Å². The van der Waals surface area contributed by atoms with E-state index in [1.54, 1.807) is 30.3 Å². The monoisotopic (exact) mass is 447 g/mol. The van der Waals surface area contributed by atoms with Crippen molar-refractivity contribution in [3.63, 3.8) is 0 Å². The second kappa shape index (κ2) is 11.3. The van der Waals surface area contributed by atoms with E-state index >= 15 is 0 Å². The van der Waals surface area contributed by atoms with Crippen LogP contribution in [0.3, 0.4) is 0 Å². The molecule has 8 heteroatoms. The first-order valence-corrected chi connectivity index (χ1v) is 10.2. The highest BCUT2D eigenvalue weighted by Crippen LogP contribution is 2.29. The molecule has 0 bridgehead atoms. The Bertz CT molecular complexity index is 963. The van der Waals surface area contributed by atoms with Crippen molar-refractivity contribution < 1.29 is 28.9 Å². The molecule has 0 saturated heterocycles. The Kier molecular flexibility index (Phi) is 8.75. The summed E-state index contributed by atoms with van der Waals surface area (Å²) >= 11 is 6.13. The highest BCUT2D eigenvalue weighted by atomic mass is 35.5. The fraction of sp³-hybridized carbons (Fsp3) is 0.304. The van der Waals surface area contributed by atoms with Gasteiger partial charge < -0.3 is 24.6 Å². The van der Waals surface area contributed by atoms with Crippen LogP contribution in [0.4, 0.5) is 0 Å². The molecule has 0 saturated carbocycles. The maximum atomic E-state index is 12.3. The number of aliphatic carboxylic acids is 1. The molecule has 0 atom stereocenters. The quantitative estimate of drug-likeness (QED) is 0.525. The summed E-state index contributed by atoms with van der Waals surface area (Å²) in [6.45, 7) is 7.91. The standard InChI is InChI=1S/C23H26ClNO6/c1-5-29-19-8-7-16(12-20(19)30-6-2)11-18(23(27)28)25-21(26)13-31-17-9-14(3)22(24)15(4)10-17/h7-12H,5-6,13H2,1-4H3,(H,25,26)(H,27,28)/b18-11+. The lowest BCUT2D eigenvalue weighted by molar-refractivity contribution is -0.134. The number of nitrogens with one attached hydrogen (secondary N) is 1. The van der Waals surface area contributed by atoms with Gasteiger partial charge >= 0.3 is 5.97 Å². The zero-order chi connectivity index (χ0) is 23.0. The number of rotatable bonds is 10. The van der Waals surface area contributed by atoms with Gasteiger partial charge in [0.15, 0.2) is 18.1 Å². The van der Waals surface area contributed by atoms with E-state index in [4.69, 9.17) is 25.8 Å². The number of hydrogen-bond donors (Lipinski definition) is 2. The van der Waals surface area contributed by atoms with Gasteiger partial charge in [-0.05, 0) is 74.7 Å². The summed E-state index contributed by atoms with van der Waals surface area (Å²) in [5, 5.41) is 12.5. The van der Waals surface area contributed by atoms with Gasteiger partial charge in [0.05, 0.1) is 13.2 Å². The van der Waals surface area contributed by atoms with Gasteiger partial charge in [-0.1, -0.05) is 17.7 Å². The topological polar surface area (TPSA) is 94.1 Å². The van der Waals surface area contributed by atoms with Crippen molar-refractivity contribution in [3.8, 4) is 17.2 Å². The molecule has 1 amide bonds. The van der Waals surface area contributed by atoms with Crippen LogP contribution in [-0.4, -0.2) is 36.8 Å². The van der Waals surface area contributed by atoms with Crippen LogP contribution in [0.5, 0.6) is 17.2 Å². The van der Waals surface area contributed by atoms with Crippen molar-refractivity contribution in [2.45, 2.75) is 27.7 Å². The predicted octanol–water partition coefficient (Wildman–Crippen LogP) is 4.37. The van der Waals surface area contributed by atoms with Crippen molar-refractivity contribution in [3.05, 3.63) is 57.7 Å². The molecule has 0 aliphatic carbocycles. The molecule has 2 aromatic rings. The molecule has 0 heterocycles. The molecule has 2 N–H and O–H groups in total. The van der Waals surface area contributed by atoms with E-state index in [0.717, 1.165) is 11.1 Å². The van der Waals surface area contributed by atoms with E-state index in [9.17, 15) is 14.7 Å². The van der Waals surface area contributed by atoms with E-state index in [1.165, 1.54) is 6.08 Å². The van der Waals surface area contributed by atoms with Crippen molar-refractivity contribution in [1.82, 2.24) is 5.32 Å². The fourth-order valence-electron chi connectivity index (χ4n) is 2.80. The van der Waals surface area contributed by atoms with Gasteiger partial charge in [-0.25, -0.2) is 4.79 Å². The average Bonchev–Trinajstić information content (AvgIpc) is 2.72. The highest BCUT2D eigenvalue weighted by Gasteiger charge is 2.14. The number of halogens is 1. The van der Waals surface area contributed by atoms with Gasteiger partial charge in [-0.3, -0.25) is 4.79 Å². The number of carbonyl (C=O) groups is 2. The van der Waals surface area contributed by atoms with Crippen molar-refractivity contribution >= 4 is 29.6 Å². The molecule has 7 nitrogen and oxygen atoms in total. The summed E-state index contributed by atoms with van der Waals surface area (Å²) in [5.74, 6) is -0.355. The van der Waals surface area contributed by atoms with Crippen LogP contribution in [0, 0.1) is 13.8 Å². The van der Waals surface area contributed by atoms with Gasteiger partial charge in [0.2, 0.25) is 0 Å². The summed E-state index contributed by atoms with van der Waals surface area (Å²) in [5.41, 5.74) is 1.89. The van der Waals surface area contributed by atoms with Gasteiger partial charge in [-0.2, -0.15) is 0 Å². The number of carbonyl (C=O) groups excluding carboxylic acids is 1. The van der Waals surface area contributed by atoms with Crippen LogP contribution in [0.2, 0.25) is 5.02 Å². The molecule has 2 rings (SSSR count). The Morgan fingerprint density at radius 1 is 1.00 bits per heavy atom. The number of carboxylic acids is 1. The van der Waals surface area contributed by atoms with E-state index in [1.807, 2.05) is 27.7 Å². The Balaban J connectivity index is 2.13. The number of aryl methyl sites for hydroxylation is 2. The lowest BCUT2D eigenvalue weighted by atomic mass is 10.1. The SMILES string of the molecule is CCOc1ccc(/C=C(/NC(=O)COc2cc(C)c(Cl)c(C)c2)C(=O)O)cc1OCC. The van der Waals surface area contributed by atoms with Gasteiger partial charge in [-0.15, -0.1) is 0 Å². The molecule has 2 aromatic carbocycles. The minimum absolute atomic E-state index is 0.288. The largest absolute Gasteiger partial charge is 0.490 e. The lowest BCUT2D eigenvalue weighted by Gasteiger charge is -2.12. The molecular weight excluding hydrogens is 422 g/mol. The fourth-order valence-corrected chi connectivity index (χ4v) is 2.91. The van der Waals surface area contributed by atoms with Crippen LogP contribution in [0.15, 0.2) is 36.0 Å². The summed E-state index contributed by atoms with van der Waals surface area (Å²) in [6.07, 6.45) is 1.34. The maximum Gasteiger partial charge on any atom is 0.352 e. The van der Waals surface area contributed by atoms with E-state index < -0.39 is 11.9 Å². The summed E-state index contributed by atoms with van der Waals surface area (Å²) in [4.78, 5) is 23.9. The molecule has 166 valence electrons. The molecule has 31 heavy (non-hydrogen) atoms. The van der Waals surface area contributed by atoms with Crippen LogP contribution in [0.1, 0.15) is 30.5 Å². The van der Waals surface area contributed by atoms with E-state index in [2.05, 4.69) is 5.32 Å². The Morgan fingerprint density at radius 2 is 1.61 bits per heavy atom. The third-order valence-electron chi connectivity index (χ3n) is 4.16. The second-order valence-electron chi connectivity index (χ2n) is 6.64. The van der Waals surface area contributed by atoms with Crippen LogP contribution in [0.25, 0.3) is 6.08 Å². The average molecular weight is 448 g/mol. The number of benzene rings is 2. The summed E-state index contributed by atoms with van der Waals surface area (Å²) in [7, 11) is 0. The predicted molar refractivity (Wildman–Crippen MR) is 119 cm³/mol. The minimum atomic E-state index is -1.28. The van der Waals surface area contributed by atoms with Crippen LogP contribution in [-0.2, 0) is 9.59 Å². The minimum Gasteiger partial charge on any atom is -0.490 e. The van der Waals surface area contributed by atoms with Gasteiger partial charge in [0.25, 0.3) is 5.91 Å². The molecular formula is C23H26ClNO6. The molecule has 0 aliphatic heterocycles. The normalized spacial score (nSPS) is 11.1. The molecule has 0 radical (unpaired) electrons. The van der Waals surface area contributed by atoms with Crippen molar-refractivity contribution in [1.29, 1.82) is 0 Å². The smallest absolute Gasteiger partial charge is 0.352 e. The zero-order valence-electron chi connectivity index (χ0n) is 18.0. The number of amides is 1. The molecule has 0 fully saturated rings. The molecule has 0 spiro atoms. The zero-order valence-corrected chi connectivity index (χ0v) is 18.7. The van der Waals surface area contributed by atoms with Crippen molar-refractivity contribution in [2.75, 3.05) is 19.8 Å². The first kappa shape index (κ1) is 24.1. The molecule has 0 aliphatic rings. The van der Waals surface area contributed by atoms with E-state index in [0.29, 0.717) is 41.0 Å². The van der Waals surface area contributed by atoms with Crippen LogP contribution < -0.4 is 19.5 Å². The number of carboxylic acid groups (broad SMARTS) is 1. The first-order chi connectivity index (χ1) is 14.7. The van der Waals surface area contributed by atoms with Gasteiger partial charge in [0.1, 0.15) is 11.4 Å². The first-order valence-electron chi connectivity index (χ1n) is 9.79. The number of hydrogen-bond acceptors (Lipinski definition) is 5. The number of ether oxygens (including phenoxy) is 3. The summed E-state index contributed by atoms with van der Waals surface area (Å²) in [6, 6.07) is 8.45. The molecule has 0 unspecified atom stereocenters. The highest BCUT2D eigenvalue weighted by molar-refractivity contribution is 6.32. The Labute approximate surface area is 186 Å². The molecule has 0 aromatic heterocycles. The Morgan fingerprint density at radius 3 is 2.19 bits per heavy atom. The van der Waals surface area contributed by atoms with Crippen LogP contribution >= 0.6 is 11.6 Å². The Hall–Kier alpha value is -3.19. The summed E-state index contributed by atoms with van der Waals surface area (Å²) < 4.78 is 16.5. The maximum absolute atomic E-state index is 12.3. The van der Waals surface area contributed by atoms with E-state index in [-0.39, 0.29) is 12.3 Å². The third-order valence-corrected chi connectivity index (χ3v) is 4.76. The van der Waals surface area contributed by atoms with Crippen molar-refractivity contribution in [2.24, 2.45) is 0 Å². The lowest BCUT2D eigenvalue weighted by Crippen LogP contribution is -2.31. The second-order valence-corrected chi connectivity index (χ2v) is 7.02. The third kappa shape index (κ3) is 6.93.